The lowest BCUT2D eigenvalue weighted by Crippen LogP contribution is -2.27. The van der Waals surface area contributed by atoms with E-state index in [0.29, 0.717) is 13.2 Å². The molecular formula is C27H31NO3. The standard InChI is InChI=1S/C27H31NO3/c1-3-28(4-2)16-17-30-23-13-10-21(11-14-23)27-24-15-12-22(29)18-26(24)31-19-25(27)20-8-6-5-7-9-20/h5-15,18,25,27,29H,3-4,16-17,19H2,1-2H3/t25-,27-/m0/s1. The van der Waals surface area contributed by atoms with Gasteiger partial charge >= 0.3 is 0 Å². The molecule has 1 heterocycles. The Morgan fingerprint density at radius 3 is 2.39 bits per heavy atom. The molecule has 0 saturated heterocycles. The Balaban J connectivity index is 1.59. The molecule has 1 aliphatic heterocycles. The molecule has 4 nitrogen and oxygen atoms in total. The maximum atomic E-state index is 9.92. The third kappa shape index (κ3) is 4.86. The molecule has 3 aromatic carbocycles. The van der Waals surface area contributed by atoms with Gasteiger partial charge in [-0.15, -0.1) is 0 Å². The Morgan fingerprint density at radius 2 is 1.68 bits per heavy atom. The molecule has 4 heteroatoms. The number of benzene rings is 3. The molecule has 31 heavy (non-hydrogen) atoms. The van der Waals surface area contributed by atoms with Crippen molar-refractivity contribution in [3.05, 3.63) is 89.5 Å². The van der Waals surface area contributed by atoms with E-state index in [0.717, 1.165) is 36.7 Å². The van der Waals surface area contributed by atoms with Crippen LogP contribution < -0.4 is 9.47 Å². The van der Waals surface area contributed by atoms with Crippen LogP contribution in [0, 0.1) is 0 Å². The van der Waals surface area contributed by atoms with Gasteiger partial charge in [0.1, 0.15) is 23.9 Å². The summed E-state index contributed by atoms with van der Waals surface area (Å²) in [6.45, 7) is 8.62. The van der Waals surface area contributed by atoms with Gasteiger partial charge in [0.25, 0.3) is 0 Å². The van der Waals surface area contributed by atoms with E-state index in [-0.39, 0.29) is 17.6 Å². The highest BCUT2D eigenvalue weighted by Gasteiger charge is 2.33. The summed E-state index contributed by atoms with van der Waals surface area (Å²) in [5.74, 6) is 2.23. The predicted octanol–water partition coefficient (Wildman–Crippen LogP) is 5.42. The minimum atomic E-state index is 0.150. The average Bonchev–Trinajstić information content (AvgIpc) is 2.82. The number of phenols is 1. The molecular weight excluding hydrogens is 386 g/mol. The monoisotopic (exact) mass is 417 g/mol. The molecule has 0 aliphatic carbocycles. The van der Waals surface area contributed by atoms with Gasteiger partial charge in [0.2, 0.25) is 0 Å². The predicted molar refractivity (Wildman–Crippen MR) is 124 cm³/mol. The zero-order valence-corrected chi connectivity index (χ0v) is 18.3. The molecule has 0 bridgehead atoms. The summed E-state index contributed by atoms with van der Waals surface area (Å²) in [4.78, 5) is 2.35. The third-order valence-corrected chi connectivity index (χ3v) is 6.19. The number of ether oxygens (including phenoxy) is 2. The molecule has 0 saturated carbocycles. The molecule has 1 N–H and O–H groups in total. The Kier molecular flexibility index (Phi) is 6.78. The van der Waals surface area contributed by atoms with Crippen LogP contribution in [0.1, 0.15) is 42.4 Å². The maximum absolute atomic E-state index is 9.92. The summed E-state index contributed by atoms with van der Waals surface area (Å²) in [5, 5.41) is 9.92. The molecule has 3 aromatic rings. The summed E-state index contributed by atoms with van der Waals surface area (Å²) < 4.78 is 12.0. The van der Waals surface area contributed by atoms with Crippen molar-refractivity contribution in [2.45, 2.75) is 25.7 Å². The first-order valence-corrected chi connectivity index (χ1v) is 11.1. The van der Waals surface area contributed by atoms with Crippen molar-refractivity contribution in [1.82, 2.24) is 4.90 Å². The highest BCUT2D eigenvalue weighted by atomic mass is 16.5. The first-order chi connectivity index (χ1) is 15.2. The summed E-state index contributed by atoms with van der Waals surface area (Å²) in [6, 6.07) is 24.4. The third-order valence-electron chi connectivity index (χ3n) is 6.19. The second-order valence-electron chi connectivity index (χ2n) is 7.97. The number of hydrogen-bond donors (Lipinski definition) is 1. The van der Waals surface area contributed by atoms with Crippen molar-refractivity contribution in [2.24, 2.45) is 0 Å². The van der Waals surface area contributed by atoms with Gasteiger partial charge in [-0.05, 0) is 42.4 Å². The summed E-state index contributed by atoms with van der Waals surface area (Å²) in [6.07, 6.45) is 0. The zero-order valence-electron chi connectivity index (χ0n) is 18.3. The van der Waals surface area contributed by atoms with E-state index < -0.39 is 0 Å². The topological polar surface area (TPSA) is 41.9 Å². The second-order valence-corrected chi connectivity index (χ2v) is 7.97. The maximum Gasteiger partial charge on any atom is 0.126 e. The van der Waals surface area contributed by atoms with E-state index in [2.05, 4.69) is 67.3 Å². The lowest BCUT2D eigenvalue weighted by atomic mass is 9.76. The Hall–Kier alpha value is -2.98. The first kappa shape index (κ1) is 21.3. The number of phenolic OH excluding ortho intramolecular Hbond substituents is 1. The summed E-state index contributed by atoms with van der Waals surface area (Å²) in [7, 11) is 0. The molecule has 0 unspecified atom stereocenters. The van der Waals surface area contributed by atoms with Crippen LogP contribution >= 0.6 is 0 Å². The van der Waals surface area contributed by atoms with E-state index in [4.69, 9.17) is 9.47 Å². The van der Waals surface area contributed by atoms with Crippen molar-refractivity contribution >= 4 is 0 Å². The molecule has 4 rings (SSSR count). The number of fused-ring (bicyclic) bond motifs is 1. The normalized spacial score (nSPS) is 17.8. The van der Waals surface area contributed by atoms with Gasteiger partial charge in [-0.3, -0.25) is 0 Å². The number of rotatable bonds is 8. The van der Waals surface area contributed by atoms with E-state index >= 15 is 0 Å². The van der Waals surface area contributed by atoms with Gasteiger partial charge in [0.05, 0.1) is 6.61 Å². The van der Waals surface area contributed by atoms with Crippen LogP contribution in [0.2, 0.25) is 0 Å². The van der Waals surface area contributed by atoms with Crippen LogP contribution in [-0.2, 0) is 0 Å². The summed E-state index contributed by atoms with van der Waals surface area (Å²) >= 11 is 0. The van der Waals surface area contributed by atoms with Gasteiger partial charge in [-0.25, -0.2) is 0 Å². The fourth-order valence-electron chi connectivity index (χ4n) is 4.40. The minimum Gasteiger partial charge on any atom is -0.508 e. The van der Waals surface area contributed by atoms with Crippen LogP contribution in [0.3, 0.4) is 0 Å². The van der Waals surface area contributed by atoms with Crippen molar-refractivity contribution in [3.8, 4) is 17.2 Å². The molecule has 0 aromatic heterocycles. The van der Waals surface area contributed by atoms with Gasteiger partial charge < -0.3 is 19.5 Å². The largest absolute Gasteiger partial charge is 0.508 e. The Labute approximate surface area is 185 Å². The van der Waals surface area contributed by atoms with Crippen molar-refractivity contribution in [1.29, 1.82) is 0 Å². The highest BCUT2D eigenvalue weighted by Crippen LogP contribution is 2.47. The Morgan fingerprint density at radius 1 is 0.935 bits per heavy atom. The van der Waals surface area contributed by atoms with Crippen LogP contribution in [-0.4, -0.2) is 42.9 Å². The Bertz CT molecular complexity index is 968. The average molecular weight is 418 g/mol. The minimum absolute atomic E-state index is 0.150. The van der Waals surface area contributed by atoms with E-state index in [9.17, 15) is 5.11 Å². The first-order valence-electron chi connectivity index (χ1n) is 11.1. The van der Waals surface area contributed by atoms with Crippen LogP contribution in [0.15, 0.2) is 72.8 Å². The smallest absolute Gasteiger partial charge is 0.126 e. The molecule has 2 atom stereocenters. The number of nitrogens with zero attached hydrogens (tertiary/aromatic N) is 1. The molecule has 0 radical (unpaired) electrons. The second kappa shape index (κ2) is 9.88. The molecule has 162 valence electrons. The number of hydrogen-bond acceptors (Lipinski definition) is 4. The fraction of sp³-hybridized carbons (Fsp3) is 0.333. The van der Waals surface area contributed by atoms with E-state index in [1.807, 2.05) is 12.1 Å². The lowest BCUT2D eigenvalue weighted by molar-refractivity contribution is 0.222. The molecule has 1 aliphatic rings. The van der Waals surface area contributed by atoms with Crippen molar-refractivity contribution < 1.29 is 14.6 Å². The molecule has 0 amide bonds. The summed E-state index contributed by atoms with van der Waals surface area (Å²) in [5.41, 5.74) is 3.58. The molecule has 0 fully saturated rings. The lowest BCUT2D eigenvalue weighted by Gasteiger charge is -2.34. The van der Waals surface area contributed by atoms with Crippen molar-refractivity contribution in [3.63, 3.8) is 0 Å². The van der Waals surface area contributed by atoms with Crippen LogP contribution in [0.5, 0.6) is 17.2 Å². The fourth-order valence-corrected chi connectivity index (χ4v) is 4.40. The highest BCUT2D eigenvalue weighted by molar-refractivity contribution is 5.50. The van der Waals surface area contributed by atoms with Crippen LogP contribution in [0.4, 0.5) is 0 Å². The van der Waals surface area contributed by atoms with E-state index in [1.165, 1.54) is 11.1 Å². The molecule has 0 spiro atoms. The number of likely N-dealkylation sites (N-methyl/N-ethyl adjacent to an activating group) is 1. The van der Waals surface area contributed by atoms with Gasteiger partial charge in [-0.1, -0.05) is 62.4 Å². The van der Waals surface area contributed by atoms with Crippen molar-refractivity contribution in [2.75, 3.05) is 32.8 Å². The number of aromatic hydroxyl groups is 1. The van der Waals surface area contributed by atoms with Gasteiger partial charge in [-0.2, -0.15) is 0 Å². The SMILES string of the molecule is CCN(CC)CCOc1ccc([C@H]2c3ccc(O)cc3OC[C@H]2c2ccccc2)cc1. The van der Waals surface area contributed by atoms with E-state index in [1.54, 1.807) is 12.1 Å². The van der Waals surface area contributed by atoms with Gasteiger partial charge in [0.15, 0.2) is 0 Å². The quantitative estimate of drug-likeness (QED) is 0.531. The van der Waals surface area contributed by atoms with Gasteiger partial charge in [0, 0.05) is 30.0 Å². The van der Waals surface area contributed by atoms with Crippen LogP contribution in [0.25, 0.3) is 0 Å². The zero-order chi connectivity index (χ0) is 21.6.